The van der Waals surface area contributed by atoms with Gasteiger partial charge in [-0.25, -0.2) is 4.79 Å². The number of aromatic hydroxyl groups is 2. The quantitative estimate of drug-likeness (QED) is 0.0553. The molecule has 20 unspecified atom stereocenters. The van der Waals surface area contributed by atoms with Crippen LogP contribution in [0.4, 0.5) is 0 Å². The fourth-order valence-electron chi connectivity index (χ4n) is 8.68. The zero-order valence-electron chi connectivity index (χ0n) is 38.9. The van der Waals surface area contributed by atoms with E-state index in [4.69, 9.17) is 51.8 Å². The first-order chi connectivity index (χ1) is 34.7. The van der Waals surface area contributed by atoms with E-state index in [9.17, 15) is 76.0 Å². The van der Waals surface area contributed by atoms with Gasteiger partial charge in [-0.2, -0.15) is 0 Å². The number of hydrogen-bond acceptors (Lipinski definition) is 26. The predicted molar refractivity (Wildman–Crippen MR) is 239 cm³/mol. The minimum absolute atomic E-state index is 0.0123. The van der Waals surface area contributed by atoms with Crippen molar-refractivity contribution in [2.45, 2.75) is 137 Å². The number of benzene rings is 3. The van der Waals surface area contributed by atoms with E-state index in [1.54, 1.807) is 12.1 Å². The monoisotopic (exact) mass is 1040 g/mol. The Morgan fingerprint density at radius 1 is 0.630 bits per heavy atom. The third-order valence-electron chi connectivity index (χ3n) is 12.9. The highest BCUT2D eigenvalue weighted by Crippen LogP contribution is 2.40. The SMILES string of the molecule is COc1ccccc1C(=O)OC1C(O)C(C)OC(Oc2cc(O)c3c(=O)c(OC4OC(COC5OC(C)C(O)C(O)C5O)C(O)C(O)C4OC4OC(CO)C(O)C(O)C4O)c(-c4ccc(O)cc4)oc3c2)C1O. The van der Waals surface area contributed by atoms with Gasteiger partial charge in [0.2, 0.25) is 23.8 Å². The molecule has 0 saturated carbocycles. The minimum Gasteiger partial charge on any atom is -0.508 e. The minimum atomic E-state index is -2.15. The molecule has 4 aliphatic heterocycles. The first-order valence-electron chi connectivity index (χ1n) is 22.8. The Kier molecular flexibility index (Phi) is 16.4. The van der Waals surface area contributed by atoms with E-state index in [0.29, 0.717) is 0 Å². The predicted octanol–water partition coefficient (Wildman–Crippen LogP) is -3.19. The van der Waals surface area contributed by atoms with Gasteiger partial charge in [-0.05, 0) is 50.2 Å². The number of rotatable bonds is 14. The number of phenols is 2. The number of esters is 1. The molecule has 1 aromatic heterocycles. The summed E-state index contributed by atoms with van der Waals surface area (Å²) in [5.74, 6) is -3.39. The third kappa shape index (κ3) is 10.8. The summed E-state index contributed by atoms with van der Waals surface area (Å²) in [6, 6.07) is 13.1. The number of carbonyl (C=O) groups excluding carboxylic acids is 1. The van der Waals surface area contributed by atoms with Crippen molar-refractivity contribution in [2.24, 2.45) is 0 Å². The molecule has 400 valence electrons. The largest absolute Gasteiger partial charge is 0.508 e. The van der Waals surface area contributed by atoms with E-state index < -0.39 is 176 Å². The first kappa shape index (κ1) is 53.9. The zero-order valence-corrected chi connectivity index (χ0v) is 38.9. The molecule has 73 heavy (non-hydrogen) atoms. The van der Waals surface area contributed by atoms with E-state index in [1.807, 2.05) is 0 Å². The number of para-hydroxylation sites is 1. The Bertz CT molecular complexity index is 2590. The summed E-state index contributed by atoms with van der Waals surface area (Å²) in [7, 11) is 1.33. The molecule has 8 rings (SSSR count). The lowest BCUT2D eigenvalue weighted by Gasteiger charge is -2.46. The second-order valence-electron chi connectivity index (χ2n) is 17.8. The highest BCUT2D eigenvalue weighted by atomic mass is 16.8. The molecule has 26 nitrogen and oxygen atoms in total. The van der Waals surface area contributed by atoms with Gasteiger partial charge >= 0.3 is 5.97 Å². The molecular formula is C47H56O26. The van der Waals surface area contributed by atoms with Crippen molar-refractivity contribution < 1.29 is 123 Å². The molecule has 20 atom stereocenters. The number of ether oxygens (including phenoxy) is 10. The van der Waals surface area contributed by atoms with Gasteiger partial charge in [0.25, 0.3) is 0 Å². The first-order valence-corrected chi connectivity index (χ1v) is 22.8. The van der Waals surface area contributed by atoms with Crippen LogP contribution in [0.15, 0.2) is 69.9 Å². The molecule has 13 N–H and O–H groups in total. The maximum atomic E-state index is 14.8. The molecule has 5 heterocycles. The van der Waals surface area contributed by atoms with Crippen LogP contribution in [-0.4, -0.2) is 216 Å². The van der Waals surface area contributed by atoms with Crippen molar-refractivity contribution in [2.75, 3.05) is 20.3 Å². The van der Waals surface area contributed by atoms with Crippen molar-refractivity contribution in [1.29, 1.82) is 0 Å². The topological polar surface area (TPSA) is 403 Å². The van der Waals surface area contributed by atoms with Gasteiger partial charge in [-0.15, -0.1) is 0 Å². The van der Waals surface area contributed by atoms with E-state index in [2.05, 4.69) is 0 Å². The summed E-state index contributed by atoms with van der Waals surface area (Å²) in [6.07, 6.45) is -35.0. The normalized spacial score (nSPS) is 36.8. The van der Waals surface area contributed by atoms with Crippen LogP contribution in [0.2, 0.25) is 0 Å². The lowest BCUT2D eigenvalue weighted by atomic mass is 9.97. The molecule has 0 aliphatic carbocycles. The average Bonchev–Trinajstić information content (AvgIpc) is 3.37. The summed E-state index contributed by atoms with van der Waals surface area (Å²) < 4.78 is 63.3. The fraction of sp³-hybridized carbons (Fsp3) is 0.532. The van der Waals surface area contributed by atoms with Gasteiger partial charge in [-0.1, -0.05) is 12.1 Å². The van der Waals surface area contributed by atoms with Crippen molar-refractivity contribution in [3.8, 4) is 40.1 Å². The summed E-state index contributed by atoms with van der Waals surface area (Å²) >= 11 is 0. The molecule has 4 fully saturated rings. The Balaban J connectivity index is 1.14. The maximum absolute atomic E-state index is 14.8. The van der Waals surface area contributed by atoms with Crippen molar-refractivity contribution in [3.05, 3.63) is 76.5 Å². The van der Waals surface area contributed by atoms with Crippen LogP contribution in [0.25, 0.3) is 22.3 Å². The molecule has 26 heteroatoms. The molecule has 0 spiro atoms. The fourth-order valence-corrected chi connectivity index (χ4v) is 8.68. The number of aliphatic hydroxyl groups excluding tert-OH is 11. The van der Waals surface area contributed by atoms with Crippen LogP contribution in [0.1, 0.15) is 24.2 Å². The Morgan fingerprint density at radius 2 is 1.26 bits per heavy atom. The Morgan fingerprint density at radius 3 is 1.96 bits per heavy atom. The number of hydrogen-bond donors (Lipinski definition) is 13. The van der Waals surface area contributed by atoms with E-state index in [-0.39, 0.29) is 28.4 Å². The highest BCUT2D eigenvalue weighted by molar-refractivity contribution is 5.92. The van der Waals surface area contributed by atoms with Crippen LogP contribution < -0.4 is 19.6 Å². The van der Waals surface area contributed by atoms with Gasteiger partial charge in [-0.3, -0.25) is 4.79 Å². The van der Waals surface area contributed by atoms with Gasteiger partial charge in [0.05, 0.1) is 32.5 Å². The number of fused-ring (bicyclic) bond motifs is 1. The molecule has 0 amide bonds. The van der Waals surface area contributed by atoms with Crippen molar-refractivity contribution in [1.82, 2.24) is 0 Å². The number of aliphatic hydroxyl groups is 11. The molecule has 0 bridgehead atoms. The molecular weight excluding hydrogens is 980 g/mol. The van der Waals surface area contributed by atoms with Crippen LogP contribution in [0, 0.1) is 0 Å². The summed E-state index contributed by atoms with van der Waals surface area (Å²) in [6.45, 7) is 1.14. The average molecular weight is 1040 g/mol. The lowest BCUT2D eigenvalue weighted by molar-refractivity contribution is -0.362. The van der Waals surface area contributed by atoms with E-state index in [0.717, 1.165) is 12.1 Å². The van der Waals surface area contributed by atoms with Crippen LogP contribution in [0.3, 0.4) is 0 Å². The van der Waals surface area contributed by atoms with Gasteiger partial charge in [0, 0.05) is 17.7 Å². The van der Waals surface area contributed by atoms with Crippen LogP contribution >= 0.6 is 0 Å². The summed E-state index contributed by atoms with van der Waals surface area (Å²) in [4.78, 5) is 28.0. The van der Waals surface area contributed by atoms with E-state index >= 15 is 0 Å². The maximum Gasteiger partial charge on any atom is 0.342 e. The summed E-state index contributed by atoms with van der Waals surface area (Å²) in [5, 5.41) is 139. The smallest absolute Gasteiger partial charge is 0.342 e. The summed E-state index contributed by atoms with van der Waals surface area (Å²) in [5.41, 5.74) is -1.54. The molecule has 3 aromatic carbocycles. The standard InChI is InChI=1S/C47H56O26/c1-16-28(51)33(56)36(59)44(65-16)64-15-26-31(54)35(58)42(73-45-37(60)34(57)30(53)25(14-48)69-45)47(70-26)72-41-32(55)27-22(50)12-20(13-24(27)68-39(41)18-8-10-19(49)11-9-18)67-46-38(61)40(29(52)17(2)66-46)71-43(62)21-6-4-5-7-23(21)63-3/h4-13,16-17,25-26,28-31,33-38,40,42,44-54,56-61H,14-15H2,1-3H3. The third-order valence-corrected chi connectivity index (χ3v) is 12.9. The number of phenolic OH excluding ortho intramolecular Hbond substituents is 2. The Hall–Kier alpha value is -5.34. The second-order valence-corrected chi connectivity index (χ2v) is 17.8. The lowest BCUT2D eigenvalue weighted by Crippen LogP contribution is -2.65. The van der Waals surface area contributed by atoms with Gasteiger partial charge in [0.15, 0.2) is 36.7 Å². The van der Waals surface area contributed by atoms with E-state index in [1.165, 1.54) is 57.4 Å². The molecule has 4 saturated heterocycles. The highest BCUT2D eigenvalue weighted by Gasteiger charge is 2.53. The zero-order chi connectivity index (χ0) is 52.7. The van der Waals surface area contributed by atoms with Crippen LogP contribution in [0.5, 0.6) is 28.7 Å². The van der Waals surface area contributed by atoms with Crippen molar-refractivity contribution in [3.63, 3.8) is 0 Å². The second kappa shape index (κ2) is 22.2. The van der Waals surface area contributed by atoms with Crippen LogP contribution in [-0.2, 0) is 33.2 Å². The van der Waals surface area contributed by atoms with Gasteiger partial charge in [0.1, 0.15) is 107 Å². The Labute approximate surface area is 412 Å². The van der Waals surface area contributed by atoms with Gasteiger partial charge < -0.3 is 118 Å². The molecule has 4 aromatic rings. The number of carbonyl (C=O) groups is 1. The van der Waals surface area contributed by atoms with Crippen molar-refractivity contribution >= 4 is 16.9 Å². The number of methoxy groups -OCH3 is 1. The molecule has 0 radical (unpaired) electrons. The molecule has 4 aliphatic rings.